The van der Waals surface area contributed by atoms with Gasteiger partial charge in [0, 0.05) is 4.88 Å². The highest BCUT2D eigenvalue weighted by Gasteiger charge is 2.28. The first-order chi connectivity index (χ1) is 13.0. The van der Waals surface area contributed by atoms with Crippen molar-refractivity contribution >= 4 is 39.8 Å². The molecular formula is C20H22ClNO4S. The predicted molar refractivity (Wildman–Crippen MR) is 107 cm³/mol. The first-order valence-corrected chi connectivity index (χ1v) is 10.2. The van der Waals surface area contributed by atoms with Crippen molar-refractivity contribution in [3.8, 4) is 5.75 Å². The van der Waals surface area contributed by atoms with Gasteiger partial charge < -0.3 is 14.8 Å². The van der Waals surface area contributed by atoms with Gasteiger partial charge in [0.05, 0.1) is 17.2 Å². The van der Waals surface area contributed by atoms with Gasteiger partial charge >= 0.3 is 5.97 Å². The minimum absolute atomic E-state index is 0.295. The fourth-order valence-electron chi connectivity index (χ4n) is 3.07. The minimum Gasteiger partial charge on any atom is -0.479 e. The summed E-state index contributed by atoms with van der Waals surface area (Å²) in [5.41, 5.74) is 1.51. The fourth-order valence-corrected chi connectivity index (χ4v) is 4.53. The number of halogens is 1. The standard InChI is InChI=1S/C20H22ClNO4S/c1-3-25-20(24)17-13-8-4-7-11-16(13)27-19(17)22-18(23)12(2)26-15-10-6-5-9-14(15)21/h5-6,9-10,12H,3-4,7-8,11H2,1-2H3,(H,22,23). The van der Waals surface area contributed by atoms with Crippen molar-refractivity contribution in [1.82, 2.24) is 0 Å². The number of aryl methyl sites for hydroxylation is 1. The molecular weight excluding hydrogens is 386 g/mol. The summed E-state index contributed by atoms with van der Waals surface area (Å²) in [7, 11) is 0. The number of ether oxygens (including phenoxy) is 2. The Morgan fingerprint density at radius 2 is 2.00 bits per heavy atom. The van der Waals surface area contributed by atoms with E-state index in [1.807, 2.05) is 0 Å². The molecule has 0 saturated carbocycles. The van der Waals surface area contributed by atoms with Gasteiger partial charge in [-0.2, -0.15) is 0 Å². The van der Waals surface area contributed by atoms with E-state index in [9.17, 15) is 9.59 Å². The molecule has 1 aromatic carbocycles. The van der Waals surface area contributed by atoms with Crippen LogP contribution >= 0.6 is 22.9 Å². The summed E-state index contributed by atoms with van der Waals surface area (Å²) >= 11 is 7.54. The second-order valence-corrected chi connectivity index (χ2v) is 7.83. The van der Waals surface area contributed by atoms with Crippen LogP contribution in [0.4, 0.5) is 5.00 Å². The van der Waals surface area contributed by atoms with Gasteiger partial charge in [0.2, 0.25) is 0 Å². The molecule has 27 heavy (non-hydrogen) atoms. The number of thiophene rings is 1. The first kappa shape index (κ1) is 19.7. The SMILES string of the molecule is CCOC(=O)c1c(NC(=O)C(C)Oc2ccccc2Cl)sc2c1CCCC2. The van der Waals surface area contributed by atoms with Gasteiger partial charge in [-0.05, 0) is 57.2 Å². The summed E-state index contributed by atoms with van der Waals surface area (Å²) in [4.78, 5) is 26.3. The Morgan fingerprint density at radius 1 is 1.26 bits per heavy atom. The van der Waals surface area contributed by atoms with E-state index in [1.54, 1.807) is 38.1 Å². The lowest BCUT2D eigenvalue weighted by Crippen LogP contribution is -2.30. The molecule has 3 rings (SSSR count). The molecule has 1 aromatic heterocycles. The quantitative estimate of drug-likeness (QED) is 0.694. The second kappa shape index (κ2) is 8.76. The van der Waals surface area contributed by atoms with E-state index in [4.69, 9.17) is 21.1 Å². The Bertz CT molecular complexity index is 849. The van der Waals surface area contributed by atoms with Crippen molar-refractivity contribution in [3.05, 3.63) is 45.3 Å². The third-order valence-electron chi connectivity index (χ3n) is 4.40. The normalized spacial score (nSPS) is 14.2. The largest absolute Gasteiger partial charge is 0.479 e. The van der Waals surface area contributed by atoms with Crippen molar-refractivity contribution in [2.75, 3.05) is 11.9 Å². The van der Waals surface area contributed by atoms with Gasteiger partial charge in [-0.25, -0.2) is 4.79 Å². The highest BCUT2D eigenvalue weighted by Crippen LogP contribution is 2.38. The molecule has 1 amide bonds. The Balaban J connectivity index is 1.80. The zero-order valence-electron chi connectivity index (χ0n) is 15.3. The number of hydrogen-bond acceptors (Lipinski definition) is 5. The van der Waals surface area contributed by atoms with E-state index >= 15 is 0 Å². The van der Waals surface area contributed by atoms with E-state index in [1.165, 1.54) is 11.3 Å². The van der Waals surface area contributed by atoms with Gasteiger partial charge in [-0.3, -0.25) is 4.79 Å². The number of amides is 1. The molecule has 1 N–H and O–H groups in total. The van der Waals surface area contributed by atoms with Crippen LogP contribution in [-0.2, 0) is 22.4 Å². The number of fused-ring (bicyclic) bond motifs is 1. The number of carbonyl (C=O) groups is 2. The Labute approximate surface area is 167 Å². The van der Waals surface area contributed by atoms with Gasteiger partial charge in [0.1, 0.15) is 10.8 Å². The molecule has 144 valence electrons. The number of para-hydroxylation sites is 1. The third-order valence-corrected chi connectivity index (χ3v) is 5.92. The molecule has 0 bridgehead atoms. The van der Waals surface area contributed by atoms with Gasteiger partial charge in [0.25, 0.3) is 5.91 Å². The number of carbonyl (C=O) groups excluding carboxylic acids is 2. The summed E-state index contributed by atoms with van der Waals surface area (Å²) in [5.74, 6) is -0.274. The number of hydrogen-bond donors (Lipinski definition) is 1. The van der Waals surface area contributed by atoms with E-state index in [0.717, 1.165) is 36.1 Å². The minimum atomic E-state index is -0.765. The van der Waals surface area contributed by atoms with Gasteiger partial charge in [0.15, 0.2) is 6.10 Å². The number of benzene rings is 1. The molecule has 1 heterocycles. The van der Waals surface area contributed by atoms with Crippen molar-refractivity contribution in [3.63, 3.8) is 0 Å². The molecule has 1 aliphatic carbocycles. The summed E-state index contributed by atoms with van der Waals surface area (Å²) < 4.78 is 10.9. The lowest BCUT2D eigenvalue weighted by atomic mass is 9.95. The lowest BCUT2D eigenvalue weighted by Gasteiger charge is -2.16. The van der Waals surface area contributed by atoms with Crippen LogP contribution < -0.4 is 10.1 Å². The zero-order chi connectivity index (χ0) is 19.4. The maximum atomic E-state index is 12.6. The monoisotopic (exact) mass is 407 g/mol. The second-order valence-electron chi connectivity index (χ2n) is 6.32. The van der Waals surface area contributed by atoms with Crippen LogP contribution in [-0.4, -0.2) is 24.6 Å². The van der Waals surface area contributed by atoms with Crippen LogP contribution in [0.1, 0.15) is 47.5 Å². The lowest BCUT2D eigenvalue weighted by molar-refractivity contribution is -0.122. The summed E-state index contributed by atoms with van der Waals surface area (Å²) in [6, 6.07) is 6.99. The molecule has 5 nitrogen and oxygen atoms in total. The van der Waals surface area contributed by atoms with Crippen LogP contribution in [0, 0.1) is 0 Å². The molecule has 0 spiro atoms. The fraction of sp³-hybridized carbons (Fsp3) is 0.400. The van der Waals surface area contributed by atoms with Crippen LogP contribution in [0.25, 0.3) is 0 Å². The van der Waals surface area contributed by atoms with Crippen LogP contribution in [0.5, 0.6) is 5.75 Å². The highest BCUT2D eigenvalue weighted by atomic mass is 35.5. The Morgan fingerprint density at radius 3 is 2.74 bits per heavy atom. The molecule has 0 saturated heterocycles. The molecule has 0 radical (unpaired) electrons. The van der Waals surface area contributed by atoms with E-state index in [0.29, 0.717) is 27.9 Å². The summed E-state index contributed by atoms with van der Waals surface area (Å²) in [6.45, 7) is 3.72. The van der Waals surface area contributed by atoms with E-state index in [2.05, 4.69) is 5.32 Å². The maximum Gasteiger partial charge on any atom is 0.341 e. The smallest absolute Gasteiger partial charge is 0.341 e. The number of anilines is 1. The number of rotatable bonds is 6. The van der Waals surface area contributed by atoms with Crippen molar-refractivity contribution < 1.29 is 19.1 Å². The van der Waals surface area contributed by atoms with Crippen LogP contribution in [0.3, 0.4) is 0 Å². The van der Waals surface area contributed by atoms with E-state index in [-0.39, 0.29) is 11.9 Å². The first-order valence-electron chi connectivity index (χ1n) is 9.05. The average molecular weight is 408 g/mol. The van der Waals surface area contributed by atoms with Gasteiger partial charge in [-0.15, -0.1) is 11.3 Å². The molecule has 1 unspecified atom stereocenters. The predicted octanol–water partition coefficient (Wildman–Crippen LogP) is 4.86. The van der Waals surface area contributed by atoms with Crippen LogP contribution in [0.15, 0.2) is 24.3 Å². The summed E-state index contributed by atoms with van der Waals surface area (Å²) in [6.07, 6.45) is 3.12. The molecule has 1 aliphatic rings. The number of nitrogens with one attached hydrogen (secondary N) is 1. The van der Waals surface area contributed by atoms with Crippen molar-refractivity contribution in [1.29, 1.82) is 0 Å². The zero-order valence-corrected chi connectivity index (χ0v) is 16.9. The van der Waals surface area contributed by atoms with E-state index < -0.39 is 6.10 Å². The third kappa shape index (κ3) is 4.45. The molecule has 0 aliphatic heterocycles. The Hall–Kier alpha value is -2.05. The average Bonchev–Trinajstić information content (AvgIpc) is 3.01. The highest BCUT2D eigenvalue weighted by molar-refractivity contribution is 7.17. The Kier molecular flexibility index (Phi) is 6.39. The molecule has 2 aromatic rings. The number of esters is 1. The van der Waals surface area contributed by atoms with Gasteiger partial charge in [-0.1, -0.05) is 23.7 Å². The maximum absolute atomic E-state index is 12.6. The topological polar surface area (TPSA) is 64.6 Å². The molecule has 0 fully saturated rings. The van der Waals surface area contributed by atoms with Crippen molar-refractivity contribution in [2.45, 2.75) is 45.6 Å². The molecule has 7 heteroatoms. The summed E-state index contributed by atoms with van der Waals surface area (Å²) in [5, 5.41) is 3.84. The van der Waals surface area contributed by atoms with Crippen LogP contribution in [0.2, 0.25) is 5.02 Å². The van der Waals surface area contributed by atoms with Crippen molar-refractivity contribution in [2.24, 2.45) is 0 Å². The molecule has 1 atom stereocenters.